The molecule has 1 aromatic rings. The van der Waals surface area contributed by atoms with Gasteiger partial charge in [0.1, 0.15) is 12.4 Å². The first-order valence-corrected chi connectivity index (χ1v) is 9.42. The Morgan fingerprint density at radius 3 is 2.41 bits per heavy atom. The highest BCUT2D eigenvalue weighted by molar-refractivity contribution is 8.13. The Kier molecular flexibility index (Phi) is 6.91. The van der Waals surface area contributed by atoms with Crippen LogP contribution in [-0.4, -0.2) is 66.0 Å². The van der Waals surface area contributed by atoms with Crippen LogP contribution in [0.2, 0.25) is 0 Å². The zero-order chi connectivity index (χ0) is 15.8. The maximum atomic E-state index is 11.1. The highest BCUT2D eigenvalue weighted by atomic mass is 35.7. The van der Waals surface area contributed by atoms with Gasteiger partial charge in [-0.2, -0.15) is 0 Å². The predicted octanol–water partition coefficient (Wildman–Crippen LogP) is 1.34. The number of nitrogens with zero attached hydrogens (tertiary/aromatic N) is 1. The molecule has 0 N–H and O–H groups in total. The van der Waals surface area contributed by atoms with Crippen LogP contribution in [-0.2, 0) is 18.5 Å². The molecule has 0 saturated carbocycles. The third-order valence-corrected chi connectivity index (χ3v) is 4.63. The largest absolute Gasteiger partial charge is 0.491 e. The van der Waals surface area contributed by atoms with Crippen molar-refractivity contribution in [1.29, 1.82) is 0 Å². The summed E-state index contributed by atoms with van der Waals surface area (Å²) in [6.45, 7) is 5.94. The highest BCUT2D eigenvalue weighted by Crippen LogP contribution is 2.18. The van der Waals surface area contributed by atoms with Crippen molar-refractivity contribution < 1.29 is 22.6 Å². The van der Waals surface area contributed by atoms with Crippen LogP contribution in [0.15, 0.2) is 29.2 Å². The molecule has 0 spiro atoms. The van der Waals surface area contributed by atoms with E-state index >= 15 is 0 Å². The van der Waals surface area contributed by atoms with Gasteiger partial charge in [0.25, 0.3) is 9.05 Å². The van der Waals surface area contributed by atoms with Gasteiger partial charge in [0, 0.05) is 30.3 Å². The van der Waals surface area contributed by atoms with Crippen LogP contribution in [0.5, 0.6) is 5.75 Å². The molecule has 2 rings (SSSR count). The van der Waals surface area contributed by atoms with Crippen molar-refractivity contribution in [3.63, 3.8) is 0 Å². The molecule has 124 valence electrons. The predicted molar refractivity (Wildman–Crippen MR) is 83.1 cm³/mol. The molecule has 0 amide bonds. The summed E-state index contributed by atoms with van der Waals surface area (Å²) >= 11 is 0. The highest BCUT2D eigenvalue weighted by Gasteiger charge is 2.10. The van der Waals surface area contributed by atoms with Gasteiger partial charge in [0.2, 0.25) is 0 Å². The first kappa shape index (κ1) is 17.5. The Hall–Kier alpha value is -0.860. The van der Waals surface area contributed by atoms with Gasteiger partial charge >= 0.3 is 0 Å². The van der Waals surface area contributed by atoms with Crippen molar-refractivity contribution in [3.05, 3.63) is 24.3 Å². The fourth-order valence-corrected chi connectivity index (χ4v) is 2.81. The molecule has 1 aromatic carbocycles. The third-order valence-electron chi connectivity index (χ3n) is 3.26. The monoisotopic (exact) mass is 349 g/mol. The lowest BCUT2D eigenvalue weighted by molar-refractivity contribution is 0.0170. The van der Waals surface area contributed by atoms with Gasteiger partial charge in [0.15, 0.2) is 0 Å². The molecule has 1 aliphatic rings. The van der Waals surface area contributed by atoms with Crippen molar-refractivity contribution in [2.75, 3.05) is 52.7 Å². The zero-order valence-electron chi connectivity index (χ0n) is 12.2. The van der Waals surface area contributed by atoms with Crippen molar-refractivity contribution in [3.8, 4) is 5.75 Å². The van der Waals surface area contributed by atoms with Crippen molar-refractivity contribution in [1.82, 2.24) is 4.90 Å². The number of hydrogen-bond acceptors (Lipinski definition) is 6. The minimum absolute atomic E-state index is 0.0586. The maximum absolute atomic E-state index is 11.1. The summed E-state index contributed by atoms with van der Waals surface area (Å²) in [6.07, 6.45) is 0. The van der Waals surface area contributed by atoms with Gasteiger partial charge in [-0.1, -0.05) is 0 Å². The van der Waals surface area contributed by atoms with Crippen LogP contribution in [0.4, 0.5) is 0 Å². The molecule has 0 aromatic heterocycles. The number of benzene rings is 1. The van der Waals surface area contributed by atoms with Crippen molar-refractivity contribution >= 4 is 19.7 Å². The number of ether oxygens (including phenoxy) is 3. The molecule has 6 nitrogen and oxygen atoms in total. The molecule has 22 heavy (non-hydrogen) atoms. The van der Waals surface area contributed by atoms with E-state index in [2.05, 4.69) is 4.90 Å². The molecule has 1 fully saturated rings. The summed E-state index contributed by atoms with van der Waals surface area (Å²) in [5, 5.41) is 0. The van der Waals surface area contributed by atoms with Crippen LogP contribution in [0.3, 0.4) is 0 Å². The quantitative estimate of drug-likeness (QED) is 0.521. The Bertz CT molecular complexity index is 543. The van der Waals surface area contributed by atoms with Crippen LogP contribution >= 0.6 is 10.7 Å². The molecule has 1 heterocycles. The smallest absolute Gasteiger partial charge is 0.261 e. The molecule has 0 atom stereocenters. The van der Waals surface area contributed by atoms with E-state index in [1.165, 1.54) is 12.1 Å². The van der Waals surface area contributed by atoms with Gasteiger partial charge in [-0.25, -0.2) is 8.42 Å². The van der Waals surface area contributed by atoms with Gasteiger partial charge in [0.05, 0.1) is 31.3 Å². The lowest BCUT2D eigenvalue weighted by atomic mass is 10.3. The van der Waals surface area contributed by atoms with Crippen LogP contribution in [0.25, 0.3) is 0 Å². The molecule has 8 heteroatoms. The number of hydrogen-bond donors (Lipinski definition) is 0. The van der Waals surface area contributed by atoms with E-state index in [0.29, 0.717) is 25.6 Å². The fourth-order valence-electron chi connectivity index (χ4n) is 2.04. The minimum Gasteiger partial charge on any atom is -0.491 e. The summed E-state index contributed by atoms with van der Waals surface area (Å²) in [7, 11) is 1.55. The molecular formula is C14H20ClNO5S. The van der Waals surface area contributed by atoms with E-state index < -0.39 is 9.05 Å². The second-order valence-electron chi connectivity index (χ2n) is 4.82. The SMILES string of the molecule is O=S(=O)(Cl)c1ccc(OCCOCCN2CCOCC2)cc1. The summed E-state index contributed by atoms with van der Waals surface area (Å²) in [6, 6.07) is 5.97. The van der Waals surface area contributed by atoms with E-state index in [9.17, 15) is 8.42 Å². The molecule has 0 bridgehead atoms. The topological polar surface area (TPSA) is 65.1 Å². The normalized spacial score (nSPS) is 16.6. The minimum atomic E-state index is -3.68. The van der Waals surface area contributed by atoms with E-state index in [4.69, 9.17) is 24.9 Å². The molecule has 0 unspecified atom stereocenters. The average molecular weight is 350 g/mol. The van der Waals surface area contributed by atoms with Crippen molar-refractivity contribution in [2.45, 2.75) is 4.90 Å². The fraction of sp³-hybridized carbons (Fsp3) is 0.571. The maximum Gasteiger partial charge on any atom is 0.261 e. The van der Waals surface area contributed by atoms with Crippen LogP contribution in [0, 0.1) is 0 Å². The molecule has 1 aliphatic heterocycles. The van der Waals surface area contributed by atoms with E-state index in [0.717, 1.165) is 32.8 Å². The first-order chi connectivity index (χ1) is 10.6. The zero-order valence-corrected chi connectivity index (χ0v) is 13.8. The van der Waals surface area contributed by atoms with Crippen molar-refractivity contribution in [2.24, 2.45) is 0 Å². The average Bonchev–Trinajstić information content (AvgIpc) is 2.51. The van der Waals surface area contributed by atoms with Gasteiger partial charge in [-0.3, -0.25) is 4.90 Å². The summed E-state index contributed by atoms with van der Waals surface area (Å²) < 4.78 is 38.5. The standard InChI is InChI=1S/C14H20ClNO5S/c15-22(17,18)14-3-1-13(2-4-14)21-12-11-20-10-7-16-5-8-19-9-6-16/h1-4H,5-12H2. The van der Waals surface area contributed by atoms with Crippen LogP contribution in [0.1, 0.15) is 0 Å². The number of morpholine rings is 1. The Balaban J connectivity index is 1.58. The second kappa shape index (κ2) is 8.69. The van der Waals surface area contributed by atoms with Gasteiger partial charge in [-0.15, -0.1) is 0 Å². The molecule has 0 aliphatic carbocycles. The first-order valence-electron chi connectivity index (χ1n) is 7.11. The van der Waals surface area contributed by atoms with E-state index in [1.54, 1.807) is 12.1 Å². The molecular weight excluding hydrogens is 330 g/mol. The molecule has 1 saturated heterocycles. The van der Waals surface area contributed by atoms with Crippen LogP contribution < -0.4 is 4.74 Å². The second-order valence-corrected chi connectivity index (χ2v) is 7.39. The Labute approximate surface area is 135 Å². The van der Waals surface area contributed by atoms with E-state index in [1.807, 2.05) is 0 Å². The number of rotatable bonds is 8. The third kappa shape index (κ3) is 6.10. The Morgan fingerprint density at radius 2 is 1.77 bits per heavy atom. The lowest BCUT2D eigenvalue weighted by Crippen LogP contribution is -2.38. The number of halogens is 1. The summed E-state index contributed by atoms with van der Waals surface area (Å²) in [5.74, 6) is 0.584. The van der Waals surface area contributed by atoms with Gasteiger partial charge < -0.3 is 14.2 Å². The summed E-state index contributed by atoms with van der Waals surface area (Å²) in [5.41, 5.74) is 0. The Morgan fingerprint density at radius 1 is 1.09 bits per heavy atom. The van der Waals surface area contributed by atoms with E-state index in [-0.39, 0.29) is 4.90 Å². The summed E-state index contributed by atoms with van der Waals surface area (Å²) in [4.78, 5) is 2.36. The van der Waals surface area contributed by atoms with Gasteiger partial charge in [-0.05, 0) is 24.3 Å². The lowest BCUT2D eigenvalue weighted by Gasteiger charge is -2.26. The molecule has 0 radical (unpaired) electrons.